The van der Waals surface area contributed by atoms with Gasteiger partial charge in [-0.25, -0.2) is 4.79 Å². The number of aromatic carboxylic acids is 1. The maximum atomic E-state index is 12.0. The normalized spacial score (nSPS) is 10.3. The highest BCUT2D eigenvalue weighted by Crippen LogP contribution is 2.13. The summed E-state index contributed by atoms with van der Waals surface area (Å²) >= 11 is 0. The summed E-state index contributed by atoms with van der Waals surface area (Å²) in [6, 6.07) is 9.74. The molecule has 2 N–H and O–H groups in total. The van der Waals surface area contributed by atoms with Gasteiger partial charge in [0.2, 0.25) is 5.76 Å². The summed E-state index contributed by atoms with van der Waals surface area (Å²) < 4.78 is 10.6. The molecule has 1 aromatic heterocycles. The first-order valence-corrected chi connectivity index (χ1v) is 7.43. The summed E-state index contributed by atoms with van der Waals surface area (Å²) in [4.78, 5) is 22.7. The molecule has 0 spiro atoms. The molecular weight excluding hydrogens is 298 g/mol. The topological polar surface area (TPSA) is 88.8 Å². The second kappa shape index (κ2) is 8.03. The minimum absolute atomic E-state index is 0.126. The molecule has 6 nitrogen and oxygen atoms in total. The van der Waals surface area contributed by atoms with Crippen molar-refractivity contribution >= 4 is 11.9 Å². The van der Waals surface area contributed by atoms with Crippen molar-refractivity contribution in [2.45, 2.75) is 26.3 Å². The van der Waals surface area contributed by atoms with Crippen LogP contribution in [0, 0.1) is 0 Å². The van der Waals surface area contributed by atoms with Crippen LogP contribution in [-0.2, 0) is 6.54 Å². The molecule has 0 aliphatic carbocycles. The number of unbranched alkanes of at least 4 members (excludes halogenated alkanes) is 1. The van der Waals surface area contributed by atoms with Crippen molar-refractivity contribution < 1.29 is 23.8 Å². The van der Waals surface area contributed by atoms with E-state index in [-0.39, 0.29) is 18.2 Å². The lowest BCUT2D eigenvalue weighted by Gasteiger charge is -2.07. The molecule has 2 aromatic rings. The smallest absolute Gasteiger partial charge is 0.371 e. The second-order valence-corrected chi connectivity index (χ2v) is 4.98. The lowest BCUT2D eigenvalue weighted by atomic mass is 10.2. The molecule has 0 fully saturated rings. The van der Waals surface area contributed by atoms with Crippen molar-refractivity contribution in [1.29, 1.82) is 0 Å². The quantitative estimate of drug-likeness (QED) is 0.730. The molecule has 23 heavy (non-hydrogen) atoms. The molecule has 0 saturated carbocycles. The molecule has 0 unspecified atom stereocenters. The molecule has 0 radical (unpaired) electrons. The first-order chi connectivity index (χ1) is 11.1. The third kappa shape index (κ3) is 4.88. The van der Waals surface area contributed by atoms with Gasteiger partial charge in [0.05, 0.1) is 13.2 Å². The Morgan fingerprint density at radius 3 is 2.52 bits per heavy atom. The van der Waals surface area contributed by atoms with Crippen molar-refractivity contribution in [3.8, 4) is 5.75 Å². The largest absolute Gasteiger partial charge is 0.494 e. The van der Waals surface area contributed by atoms with Crippen LogP contribution in [0.15, 0.2) is 40.8 Å². The highest BCUT2D eigenvalue weighted by Gasteiger charge is 2.10. The Morgan fingerprint density at radius 2 is 1.91 bits per heavy atom. The van der Waals surface area contributed by atoms with Crippen LogP contribution in [0.4, 0.5) is 0 Å². The fourth-order valence-corrected chi connectivity index (χ4v) is 1.89. The Balaban J connectivity index is 1.86. The number of hydrogen-bond donors (Lipinski definition) is 2. The third-order valence-electron chi connectivity index (χ3n) is 3.18. The van der Waals surface area contributed by atoms with Crippen LogP contribution < -0.4 is 10.1 Å². The van der Waals surface area contributed by atoms with Gasteiger partial charge in [0.15, 0.2) is 0 Å². The van der Waals surface area contributed by atoms with E-state index in [1.54, 1.807) is 24.3 Å². The number of ether oxygens (including phenoxy) is 1. The molecule has 0 atom stereocenters. The summed E-state index contributed by atoms with van der Waals surface area (Å²) in [6.45, 7) is 2.88. The van der Waals surface area contributed by atoms with E-state index in [4.69, 9.17) is 14.3 Å². The second-order valence-electron chi connectivity index (χ2n) is 4.98. The first-order valence-electron chi connectivity index (χ1n) is 7.43. The number of carboxylic acid groups (broad SMARTS) is 1. The standard InChI is InChI=1S/C17H19NO5/c1-2-3-10-22-13-6-4-12(5-7-13)16(19)18-11-14-8-9-15(23-14)17(20)21/h4-9H,2-3,10-11H2,1H3,(H,18,19)(H,20,21). The zero-order chi connectivity index (χ0) is 16.7. The summed E-state index contributed by atoms with van der Waals surface area (Å²) in [7, 11) is 0. The minimum atomic E-state index is -1.14. The van der Waals surface area contributed by atoms with E-state index in [1.807, 2.05) is 0 Å². The molecular formula is C17H19NO5. The molecule has 0 aliphatic rings. The van der Waals surface area contributed by atoms with E-state index in [9.17, 15) is 9.59 Å². The van der Waals surface area contributed by atoms with Gasteiger partial charge in [-0.05, 0) is 42.8 Å². The van der Waals surface area contributed by atoms with E-state index in [0.29, 0.717) is 17.9 Å². The van der Waals surface area contributed by atoms with E-state index in [2.05, 4.69) is 12.2 Å². The maximum Gasteiger partial charge on any atom is 0.371 e. The molecule has 0 aliphatic heterocycles. The number of furan rings is 1. The van der Waals surface area contributed by atoms with Crippen LogP contribution >= 0.6 is 0 Å². The number of hydrogen-bond acceptors (Lipinski definition) is 4. The van der Waals surface area contributed by atoms with Crippen LogP contribution in [0.2, 0.25) is 0 Å². The van der Waals surface area contributed by atoms with Gasteiger partial charge in [-0.3, -0.25) is 4.79 Å². The number of rotatable bonds is 8. The van der Waals surface area contributed by atoms with Gasteiger partial charge in [0.25, 0.3) is 5.91 Å². The Kier molecular flexibility index (Phi) is 5.80. The van der Waals surface area contributed by atoms with E-state index < -0.39 is 5.97 Å². The number of nitrogens with one attached hydrogen (secondary N) is 1. The van der Waals surface area contributed by atoms with Crippen LogP contribution in [-0.4, -0.2) is 23.6 Å². The number of carbonyl (C=O) groups is 2. The predicted molar refractivity (Wildman–Crippen MR) is 83.7 cm³/mol. The SMILES string of the molecule is CCCCOc1ccc(C(=O)NCc2ccc(C(=O)O)o2)cc1. The van der Waals surface area contributed by atoms with E-state index in [1.165, 1.54) is 12.1 Å². The lowest BCUT2D eigenvalue weighted by Crippen LogP contribution is -2.22. The van der Waals surface area contributed by atoms with Gasteiger partial charge in [0.1, 0.15) is 11.5 Å². The summed E-state index contributed by atoms with van der Waals surface area (Å²) in [5.41, 5.74) is 0.498. The first kappa shape index (κ1) is 16.6. The van der Waals surface area contributed by atoms with Crippen LogP contribution in [0.25, 0.3) is 0 Å². The van der Waals surface area contributed by atoms with Crippen LogP contribution in [0.3, 0.4) is 0 Å². The monoisotopic (exact) mass is 317 g/mol. The number of benzene rings is 1. The Labute approximate surface area is 134 Å². The molecule has 1 aromatic carbocycles. The minimum Gasteiger partial charge on any atom is -0.494 e. The fraction of sp³-hybridized carbons (Fsp3) is 0.294. The number of carboxylic acids is 1. The van der Waals surface area contributed by atoms with Crippen molar-refractivity contribution in [2.24, 2.45) is 0 Å². The highest BCUT2D eigenvalue weighted by molar-refractivity contribution is 5.94. The third-order valence-corrected chi connectivity index (χ3v) is 3.18. The Hall–Kier alpha value is -2.76. The maximum absolute atomic E-state index is 12.0. The molecule has 2 rings (SSSR count). The van der Waals surface area contributed by atoms with Crippen molar-refractivity contribution in [1.82, 2.24) is 5.32 Å². The van der Waals surface area contributed by atoms with Gasteiger partial charge in [-0.1, -0.05) is 13.3 Å². The van der Waals surface area contributed by atoms with Crippen LogP contribution in [0.1, 0.15) is 46.4 Å². The Morgan fingerprint density at radius 1 is 1.17 bits per heavy atom. The fourth-order valence-electron chi connectivity index (χ4n) is 1.89. The molecule has 1 heterocycles. The molecule has 0 bridgehead atoms. The number of carbonyl (C=O) groups excluding carboxylic acids is 1. The lowest BCUT2D eigenvalue weighted by molar-refractivity contribution is 0.0660. The predicted octanol–water partition coefficient (Wildman–Crippen LogP) is 3.09. The average Bonchev–Trinajstić information content (AvgIpc) is 3.03. The van der Waals surface area contributed by atoms with Crippen LogP contribution in [0.5, 0.6) is 5.75 Å². The highest BCUT2D eigenvalue weighted by atomic mass is 16.5. The summed E-state index contributed by atoms with van der Waals surface area (Å²) in [6.07, 6.45) is 2.06. The van der Waals surface area contributed by atoms with Gasteiger partial charge in [-0.15, -0.1) is 0 Å². The van der Waals surface area contributed by atoms with Crippen molar-refractivity contribution in [2.75, 3.05) is 6.61 Å². The van der Waals surface area contributed by atoms with Gasteiger partial charge in [0, 0.05) is 5.56 Å². The van der Waals surface area contributed by atoms with Crippen molar-refractivity contribution in [3.63, 3.8) is 0 Å². The molecule has 122 valence electrons. The Bertz CT molecular complexity index is 660. The average molecular weight is 317 g/mol. The van der Waals surface area contributed by atoms with E-state index in [0.717, 1.165) is 18.6 Å². The molecule has 1 amide bonds. The number of amides is 1. The zero-order valence-electron chi connectivity index (χ0n) is 12.9. The summed E-state index contributed by atoms with van der Waals surface area (Å²) in [5, 5.41) is 11.4. The summed E-state index contributed by atoms with van der Waals surface area (Å²) in [5.74, 6) is -0.440. The van der Waals surface area contributed by atoms with Crippen molar-refractivity contribution in [3.05, 3.63) is 53.5 Å². The molecule has 6 heteroatoms. The van der Waals surface area contributed by atoms with E-state index >= 15 is 0 Å². The molecule has 0 saturated heterocycles. The van der Waals surface area contributed by atoms with Gasteiger partial charge >= 0.3 is 5.97 Å². The zero-order valence-corrected chi connectivity index (χ0v) is 12.9. The van der Waals surface area contributed by atoms with Gasteiger partial charge < -0.3 is 19.6 Å². The van der Waals surface area contributed by atoms with Gasteiger partial charge in [-0.2, -0.15) is 0 Å².